The average molecular weight is 246 g/mol. The molecule has 0 aromatic carbocycles. The molecule has 0 aromatic heterocycles. The highest BCUT2D eigenvalue weighted by molar-refractivity contribution is 4.70. The maximum absolute atomic E-state index is 9.55. The SMILES string of the molecule is CC1COOCCCCCCC1CC(O)CO. The van der Waals surface area contributed by atoms with Crippen LogP contribution in [0.5, 0.6) is 0 Å². The summed E-state index contributed by atoms with van der Waals surface area (Å²) in [5, 5.41) is 18.5. The molecule has 0 amide bonds. The van der Waals surface area contributed by atoms with Crippen molar-refractivity contribution in [2.45, 2.75) is 51.6 Å². The van der Waals surface area contributed by atoms with Crippen molar-refractivity contribution >= 4 is 0 Å². The molecule has 1 aliphatic heterocycles. The van der Waals surface area contributed by atoms with E-state index in [1.54, 1.807) is 0 Å². The van der Waals surface area contributed by atoms with Gasteiger partial charge in [0.05, 0.1) is 25.9 Å². The fourth-order valence-electron chi connectivity index (χ4n) is 2.33. The van der Waals surface area contributed by atoms with Crippen molar-refractivity contribution < 1.29 is 20.0 Å². The third-order valence-electron chi connectivity index (χ3n) is 3.56. The topological polar surface area (TPSA) is 58.9 Å². The Kier molecular flexibility index (Phi) is 7.77. The summed E-state index contributed by atoms with van der Waals surface area (Å²) in [5.74, 6) is 0.758. The first-order valence-electron chi connectivity index (χ1n) is 6.77. The molecule has 3 unspecified atom stereocenters. The van der Waals surface area contributed by atoms with Gasteiger partial charge < -0.3 is 10.2 Å². The van der Waals surface area contributed by atoms with Crippen molar-refractivity contribution in [3.8, 4) is 0 Å². The van der Waals surface area contributed by atoms with Crippen molar-refractivity contribution in [3.05, 3.63) is 0 Å². The molecule has 4 heteroatoms. The van der Waals surface area contributed by atoms with Crippen LogP contribution in [0.25, 0.3) is 0 Å². The molecule has 0 aromatic rings. The molecule has 3 atom stereocenters. The van der Waals surface area contributed by atoms with E-state index in [2.05, 4.69) is 6.92 Å². The molecule has 4 nitrogen and oxygen atoms in total. The molecule has 17 heavy (non-hydrogen) atoms. The maximum Gasteiger partial charge on any atom is 0.0850 e. The number of aliphatic hydroxyl groups is 2. The minimum atomic E-state index is -0.603. The minimum absolute atomic E-state index is 0.152. The summed E-state index contributed by atoms with van der Waals surface area (Å²) in [4.78, 5) is 10.3. The Morgan fingerprint density at radius 3 is 2.71 bits per heavy atom. The van der Waals surface area contributed by atoms with E-state index in [0.29, 0.717) is 31.5 Å². The number of rotatable bonds is 3. The van der Waals surface area contributed by atoms with Crippen LogP contribution in [0, 0.1) is 11.8 Å². The Hall–Kier alpha value is -0.160. The van der Waals surface area contributed by atoms with Gasteiger partial charge in [-0.2, -0.15) is 0 Å². The molecule has 1 aliphatic rings. The van der Waals surface area contributed by atoms with E-state index in [9.17, 15) is 5.11 Å². The molecular formula is C13H26O4. The summed E-state index contributed by atoms with van der Waals surface area (Å²) in [6, 6.07) is 0. The summed E-state index contributed by atoms with van der Waals surface area (Å²) in [6.45, 7) is 3.22. The van der Waals surface area contributed by atoms with Crippen molar-refractivity contribution in [3.63, 3.8) is 0 Å². The molecule has 1 rings (SSSR count). The van der Waals surface area contributed by atoms with Crippen LogP contribution in [-0.2, 0) is 9.78 Å². The molecule has 0 bridgehead atoms. The molecule has 0 radical (unpaired) electrons. The standard InChI is InChI=1S/C13H26O4/c1-11-10-17-16-7-5-3-2-4-6-12(11)8-13(15)9-14/h11-15H,2-10H2,1H3. The average Bonchev–Trinajstić information content (AvgIpc) is 2.37. The molecule has 0 aliphatic carbocycles. The summed E-state index contributed by atoms with van der Waals surface area (Å²) in [6.07, 6.45) is 5.77. The zero-order chi connectivity index (χ0) is 12.5. The molecule has 1 fully saturated rings. The largest absolute Gasteiger partial charge is 0.394 e. The van der Waals surface area contributed by atoms with E-state index in [1.807, 2.05) is 0 Å². The normalized spacial score (nSPS) is 30.5. The first-order chi connectivity index (χ1) is 8.24. The highest BCUT2D eigenvalue weighted by atomic mass is 17.2. The second-order valence-corrected chi connectivity index (χ2v) is 5.12. The molecule has 1 heterocycles. The van der Waals surface area contributed by atoms with Gasteiger partial charge in [-0.15, -0.1) is 0 Å². The third-order valence-corrected chi connectivity index (χ3v) is 3.56. The van der Waals surface area contributed by atoms with Gasteiger partial charge in [0.15, 0.2) is 0 Å². The lowest BCUT2D eigenvalue weighted by Crippen LogP contribution is -2.24. The van der Waals surface area contributed by atoms with Gasteiger partial charge >= 0.3 is 0 Å². The van der Waals surface area contributed by atoms with Crippen LogP contribution in [0.4, 0.5) is 0 Å². The van der Waals surface area contributed by atoms with Crippen LogP contribution in [0.2, 0.25) is 0 Å². The number of hydrogen-bond acceptors (Lipinski definition) is 4. The van der Waals surface area contributed by atoms with E-state index < -0.39 is 6.10 Å². The van der Waals surface area contributed by atoms with E-state index >= 15 is 0 Å². The smallest absolute Gasteiger partial charge is 0.0850 e. The van der Waals surface area contributed by atoms with Gasteiger partial charge in [-0.3, -0.25) is 0 Å². The van der Waals surface area contributed by atoms with E-state index in [1.165, 1.54) is 19.3 Å². The minimum Gasteiger partial charge on any atom is -0.394 e. The van der Waals surface area contributed by atoms with Crippen molar-refractivity contribution in [2.24, 2.45) is 11.8 Å². The zero-order valence-corrected chi connectivity index (χ0v) is 10.8. The van der Waals surface area contributed by atoms with Gasteiger partial charge in [0.2, 0.25) is 0 Å². The first kappa shape index (κ1) is 14.9. The number of aliphatic hydroxyl groups excluding tert-OH is 2. The van der Waals surface area contributed by atoms with Crippen LogP contribution >= 0.6 is 0 Å². The van der Waals surface area contributed by atoms with Gasteiger partial charge in [0, 0.05) is 0 Å². The highest BCUT2D eigenvalue weighted by Gasteiger charge is 2.21. The highest BCUT2D eigenvalue weighted by Crippen LogP contribution is 2.25. The van der Waals surface area contributed by atoms with Crippen molar-refractivity contribution in [2.75, 3.05) is 19.8 Å². The lowest BCUT2D eigenvalue weighted by molar-refractivity contribution is -0.302. The van der Waals surface area contributed by atoms with E-state index in [4.69, 9.17) is 14.9 Å². The predicted molar refractivity (Wildman–Crippen MR) is 65.4 cm³/mol. The Morgan fingerprint density at radius 1 is 1.18 bits per heavy atom. The Balaban J connectivity index is 2.42. The Bertz CT molecular complexity index is 186. The molecule has 2 N–H and O–H groups in total. The quantitative estimate of drug-likeness (QED) is 0.747. The monoisotopic (exact) mass is 246 g/mol. The molecule has 102 valence electrons. The molecular weight excluding hydrogens is 220 g/mol. The van der Waals surface area contributed by atoms with Gasteiger partial charge in [0.1, 0.15) is 0 Å². The second kappa shape index (κ2) is 8.86. The van der Waals surface area contributed by atoms with Gasteiger partial charge in [-0.05, 0) is 24.7 Å². The summed E-state index contributed by atoms with van der Waals surface area (Å²) in [7, 11) is 0. The van der Waals surface area contributed by atoms with E-state index in [0.717, 1.165) is 12.8 Å². The lowest BCUT2D eigenvalue weighted by atomic mass is 9.85. The van der Waals surface area contributed by atoms with Gasteiger partial charge in [0.25, 0.3) is 0 Å². The van der Waals surface area contributed by atoms with Crippen LogP contribution in [0.15, 0.2) is 0 Å². The molecule has 1 saturated heterocycles. The Labute approximate surface area is 104 Å². The summed E-state index contributed by atoms with van der Waals surface area (Å²) in [5.41, 5.74) is 0. The summed E-state index contributed by atoms with van der Waals surface area (Å²) < 4.78 is 0. The third kappa shape index (κ3) is 6.36. The van der Waals surface area contributed by atoms with Crippen molar-refractivity contribution in [1.29, 1.82) is 0 Å². The van der Waals surface area contributed by atoms with Crippen LogP contribution in [-0.4, -0.2) is 36.1 Å². The fourth-order valence-corrected chi connectivity index (χ4v) is 2.33. The van der Waals surface area contributed by atoms with Crippen LogP contribution < -0.4 is 0 Å². The van der Waals surface area contributed by atoms with Gasteiger partial charge in [-0.25, -0.2) is 9.78 Å². The number of hydrogen-bond donors (Lipinski definition) is 2. The molecule has 0 spiro atoms. The first-order valence-corrected chi connectivity index (χ1v) is 6.77. The lowest BCUT2D eigenvalue weighted by Gasteiger charge is -2.25. The molecule has 0 saturated carbocycles. The predicted octanol–water partition coefficient (Wildman–Crippen LogP) is 1.89. The maximum atomic E-state index is 9.55. The zero-order valence-electron chi connectivity index (χ0n) is 10.8. The summed E-state index contributed by atoms with van der Waals surface area (Å²) >= 11 is 0. The van der Waals surface area contributed by atoms with Gasteiger partial charge in [-0.1, -0.05) is 32.6 Å². The van der Waals surface area contributed by atoms with Crippen LogP contribution in [0.3, 0.4) is 0 Å². The van der Waals surface area contributed by atoms with E-state index in [-0.39, 0.29) is 6.61 Å². The van der Waals surface area contributed by atoms with Crippen molar-refractivity contribution in [1.82, 2.24) is 0 Å². The Morgan fingerprint density at radius 2 is 1.94 bits per heavy atom. The fraction of sp³-hybridized carbons (Fsp3) is 1.00. The second-order valence-electron chi connectivity index (χ2n) is 5.12. The van der Waals surface area contributed by atoms with Crippen LogP contribution in [0.1, 0.15) is 45.4 Å².